The van der Waals surface area contributed by atoms with Gasteiger partial charge in [-0.3, -0.25) is 0 Å². The van der Waals surface area contributed by atoms with E-state index in [1.807, 2.05) is 12.1 Å². The zero-order valence-corrected chi connectivity index (χ0v) is 9.95. The molecule has 1 fully saturated rings. The molecule has 1 aliphatic carbocycles. The Balaban J connectivity index is 2.19. The molecule has 1 atom stereocenters. The summed E-state index contributed by atoms with van der Waals surface area (Å²) >= 11 is 0. The second-order valence-corrected chi connectivity index (χ2v) is 4.85. The third-order valence-corrected chi connectivity index (χ3v) is 3.56. The summed E-state index contributed by atoms with van der Waals surface area (Å²) in [6, 6.07) is 8.30. The van der Waals surface area contributed by atoms with E-state index in [0.29, 0.717) is 12.5 Å². The SMILES string of the molecule is CCCc1ccc(C(O)(CN)C2CC2)cc1. The fourth-order valence-electron chi connectivity index (χ4n) is 2.33. The van der Waals surface area contributed by atoms with Crippen LogP contribution in [0.25, 0.3) is 0 Å². The summed E-state index contributed by atoms with van der Waals surface area (Å²) in [6.45, 7) is 2.50. The van der Waals surface area contributed by atoms with Crippen LogP contribution in [0.1, 0.15) is 37.3 Å². The second kappa shape index (κ2) is 4.56. The minimum atomic E-state index is -0.787. The molecule has 0 spiro atoms. The summed E-state index contributed by atoms with van der Waals surface area (Å²) in [6.07, 6.45) is 4.46. The fraction of sp³-hybridized carbons (Fsp3) is 0.571. The molecule has 0 heterocycles. The highest BCUT2D eigenvalue weighted by Gasteiger charge is 2.43. The Morgan fingerprint density at radius 1 is 1.31 bits per heavy atom. The lowest BCUT2D eigenvalue weighted by Crippen LogP contribution is -2.37. The minimum absolute atomic E-state index is 0.324. The molecule has 0 radical (unpaired) electrons. The highest BCUT2D eigenvalue weighted by molar-refractivity contribution is 5.29. The third-order valence-electron chi connectivity index (χ3n) is 3.56. The van der Waals surface area contributed by atoms with Crippen LogP contribution in [-0.2, 0) is 12.0 Å². The predicted molar refractivity (Wildman–Crippen MR) is 66.1 cm³/mol. The normalized spacial score (nSPS) is 19.4. The van der Waals surface area contributed by atoms with Crippen LogP contribution in [0.2, 0.25) is 0 Å². The van der Waals surface area contributed by atoms with Gasteiger partial charge in [-0.1, -0.05) is 37.6 Å². The molecule has 2 heteroatoms. The van der Waals surface area contributed by atoms with Crippen molar-refractivity contribution in [2.75, 3.05) is 6.54 Å². The molecule has 0 saturated heterocycles. The van der Waals surface area contributed by atoms with Crippen molar-refractivity contribution in [2.24, 2.45) is 11.7 Å². The van der Waals surface area contributed by atoms with Gasteiger partial charge in [-0.25, -0.2) is 0 Å². The summed E-state index contributed by atoms with van der Waals surface area (Å²) in [4.78, 5) is 0. The Bertz CT molecular complexity index is 342. The summed E-state index contributed by atoms with van der Waals surface area (Å²) in [5.41, 5.74) is 7.26. The van der Waals surface area contributed by atoms with Gasteiger partial charge in [0.05, 0.1) is 0 Å². The Morgan fingerprint density at radius 2 is 1.94 bits per heavy atom. The van der Waals surface area contributed by atoms with E-state index < -0.39 is 5.60 Å². The molecule has 1 aliphatic rings. The Morgan fingerprint density at radius 3 is 2.38 bits per heavy atom. The fourth-order valence-corrected chi connectivity index (χ4v) is 2.33. The summed E-state index contributed by atoms with van der Waals surface area (Å²) in [5.74, 6) is 0.370. The van der Waals surface area contributed by atoms with Gasteiger partial charge in [0, 0.05) is 6.54 Å². The van der Waals surface area contributed by atoms with Crippen LogP contribution in [0.5, 0.6) is 0 Å². The first-order valence-corrected chi connectivity index (χ1v) is 6.22. The van der Waals surface area contributed by atoms with Crippen molar-refractivity contribution in [2.45, 2.75) is 38.2 Å². The number of hydrogen-bond acceptors (Lipinski definition) is 2. The molecule has 1 aromatic rings. The molecule has 16 heavy (non-hydrogen) atoms. The molecule has 3 N–H and O–H groups in total. The van der Waals surface area contributed by atoms with Crippen LogP contribution < -0.4 is 5.73 Å². The van der Waals surface area contributed by atoms with E-state index in [9.17, 15) is 5.11 Å². The van der Waals surface area contributed by atoms with Crippen LogP contribution in [0.15, 0.2) is 24.3 Å². The number of benzene rings is 1. The first-order valence-electron chi connectivity index (χ1n) is 6.22. The molecular formula is C14H21NO. The van der Waals surface area contributed by atoms with E-state index in [-0.39, 0.29) is 0 Å². The average Bonchev–Trinajstić information content (AvgIpc) is 3.14. The number of aryl methyl sites for hydroxylation is 1. The van der Waals surface area contributed by atoms with Crippen molar-refractivity contribution in [1.82, 2.24) is 0 Å². The molecule has 2 nitrogen and oxygen atoms in total. The maximum atomic E-state index is 10.5. The van der Waals surface area contributed by atoms with Crippen molar-refractivity contribution >= 4 is 0 Å². The molecular weight excluding hydrogens is 198 g/mol. The quantitative estimate of drug-likeness (QED) is 0.797. The lowest BCUT2D eigenvalue weighted by Gasteiger charge is -2.27. The molecule has 1 saturated carbocycles. The van der Waals surface area contributed by atoms with Gasteiger partial charge in [0.15, 0.2) is 0 Å². The minimum Gasteiger partial charge on any atom is -0.384 e. The number of aliphatic hydroxyl groups is 1. The molecule has 88 valence electrons. The van der Waals surface area contributed by atoms with Crippen LogP contribution in [0, 0.1) is 5.92 Å². The standard InChI is InChI=1S/C14H21NO/c1-2-3-11-4-6-12(7-5-11)14(16,10-15)13-8-9-13/h4-7,13,16H,2-3,8-10,15H2,1H3. The average molecular weight is 219 g/mol. The second-order valence-electron chi connectivity index (χ2n) is 4.85. The van der Waals surface area contributed by atoms with Crippen molar-refractivity contribution in [3.63, 3.8) is 0 Å². The smallest absolute Gasteiger partial charge is 0.105 e. The van der Waals surface area contributed by atoms with Gasteiger partial charge >= 0.3 is 0 Å². The highest BCUT2D eigenvalue weighted by atomic mass is 16.3. The van der Waals surface area contributed by atoms with Crippen molar-refractivity contribution in [3.05, 3.63) is 35.4 Å². The predicted octanol–water partition coefficient (Wildman–Crippen LogP) is 2.20. The summed E-state index contributed by atoms with van der Waals surface area (Å²) in [7, 11) is 0. The van der Waals surface area contributed by atoms with Gasteiger partial charge in [0.25, 0.3) is 0 Å². The van der Waals surface area contributed by atoms with Gasteiger partial charge in [-0.2, -0.15) is 0 Å². The van der Waals surface area contributed by atoms with Crippen LogP contribution in [0.4, 0.5) is 0 Å². The molecule has 2 rings (SSSR count). The summed E-state index contributed by atoms with van der Waals surface area (Å²) in [5, 5.41) is 10.5. The molecule has 0 bridgehead atoms. The zero-order valence-electron chi connectivity index (χ0n) is 9.95. The van der Waals surface area contributed by atoms with Crippen LogP contribution >= 0.6 is 0 Å². The first kappa shape index (κ1) is 11.6. The largest absolute Gasteiger partial charge is 0.384 e. The highest BCUT2D eigenvalue weighted by Crippen LogP contribution is 2.45. The number of rotatable bonds is 5. The van der Waals surface area contributed by atoms with E-state index >= 15 is 0 Å². The molecule has 0 aliphatic heterocycles. The van der Waals surface area contributed by atoms with Crippen molar-refractivity contribution < 1.29 is 5.11 Å². The van der Waals surface area contributed by atoms with Crippen molar-refractivity contribution in [1.29, 1.82) is 0 Å². The zero-order chi connectivity index (χ0) is 11.6. The first-order chi connectivity index (χ1) is 7.70. The van der Waals surface area contributed by atoms with E-state index in [1.165, 1.54) is 5.56 Å². The molecule has 1 unspecified atom stereocenters. The Labute approximate surface area is 97.5 Å². The third kappa shape index (κ3) is 2.13. The molecule has 0 aromatic heterocycles. The van der Waals surface area contributed by atoms with E-state index in [0.717, 1.165) is 31.2 Å². The summed E-state index contributed by atoms with van der Waals surface area (Å²) < 4.78 is 0. The van der Waals surface area contributed by atoms with Gasteiger partial charge < -0.3 is 10.8 Å². The number of hydrogen-bond donors (Lipinski definition) is 2. The van der Waals surface area contributed by atoms with E-state index in [1.54, 1.807) is 0 Å². The van der Waals surface area contributed by atoms with E-state index in [2.05, 4.69) is 19.1 Å². The maximum Gasteiger partial charge on any atom is 0.105 e. The molecule has 1 aromatic carbocycles. The lowest BCUT2D eigenvalue weighted by atomic mass is 9.88. The van der Waals surface area contributed by atoms with Crippen molar-refractivity contribution in [3.8, 4) is 0 Å². The van der Waals surface area contributed by atoms with Gasteiger partial charge in [-0.15, -0.1) is 0 Å². The van der Waals surface area contributed by atoms with Gasteiger partial charge in [0.2, 0.25) is 0 Å². The Kier molecular flexibility index (Phi) is 3.31. The maximum absolute atomic E-state index is 10.5. The molecule has 0 amide bonds. The number of nitrogens with two attached hydrogens (primary N) is 1. The van der Waals surface area contributed by atoms with Gasteiger partial charge in [0.1, 0.15) is 5.60 Å². The monoisotopic (exact) mass is 219 g/mol. The van der Waals surface area contributed by atoms with Crippen LogP contribution in [-0.4, -0.2) is 11.7 Å². The van der Waals surface area contributed by atoms with E-state index in [4.69, 9.17) is 5.73 Å². The van der Waals surface area contributed by atoms with Gasteiger partial charge in [-0.05, 0) is 36.3 Å². The lowest BCUT2D eigenvalue weighted by molar-refractivity contribution is 0.0222. The topological polar surface area (TPSA) is 46.2 Å². The van der Waals surface area contributed by atoms with Crippen LogP contribution in [0.3, 0.4) is 0 Å². The Hall–Kier alpha value is -0.860.